The van der Waals surface area contributed by atoms with Crippen LogP contribution in [-0.4, -0.2) is 26.2 Å². The number of H-pyrrole nitrogens is 1. The van der Waals surface area contributed by atoms with Gasteiger partial charge in [-0.25, -0.2) is 0 Å². The van der Waals surface area contributed by atoms with Crippen LogP contribution in [0.15, 0.2) is 35.1 Å². The largest absolute Gasteiger partial charge is 0.493 e. The van der Waals surface area contributed by atoms with Crippen LogP contribution in [0, 0.1) is 0 Å². The molecule has 1 aromatic heterocycles. The van der Waals surface area contributed by atoms with Gasteiger partial charge in [-0.2, -0.15) is 4.98 Å². The molecule has 19 heavy (non-hydrogen) atoms. The van der Waals surface area contributed by atoms with E-state index in [1.807, 2.05) is 6.07 Å². The summed E-state index contributed by atoms with van der Waals surface area (Å²) >= 11 is 0. The van der Waals surface area contributed by atoms with Crippen LogP contribution in [0.4, 0.5) is 0 Å². The minimum Gasteiger partial charge on any atom is -0.493 e. The van der Waals surface area contributed by atoms with Crippen LogP contribution in [0.2, 0.25) is 0 Å². The molecule has 0 unspecified atom stereocenters. The molecule has 6 heteroatoms. The van der Waals surface area contributed by atoms with E-state index in [1.54, 1.807) is 24.3 Å². The van der Waals surface area contributed by atoms with Crippen molar-refractivity contribution in [1.29, 1.82) is 0 Å². The van der Waals surface area contributed by atoms with Gasteiger partial charge in [0.25, 0.3) is 5.56 Å². The van der Waals surface area contributed by atoms with E-state index in [0.717, 1.165) is 0 Å². The van der Waals surface area contributed by atoms with Crippen LogP contribution in [0.5, 0.6) is 5.88 Å². The summed E-state index contributed by atoms with van der Waals surface area (Å²) in [5.74, 6) is -1.21. The number of carboxylic acid groups (broad SMARTS) is 1. The number of nitrogens with zero attached hydrogens (tertiary/aromatic N) is 1. The van der Waals surface area contributed by atoms with Gasteiger partial charge in [-0.3, -0.25) is 9.59 Å². The number of rotatable bonds is 4. The third-order valence-electron chi connectivity index (χ3n) is 2.63. The highest BCUT2D eigenvalue weighted by molar-refractivity contribution is 5.67. The fourth-order valence-corrected chi connectivity index (χ4v) is 1.68. The van der Waals surface area contributed by atoms with E-state index >= 15 is 0 Å². The number of nitrogens with one attached hydrogen (secondary N) is 1. The Morgan fingerprint density at radius 2 is 1.95 bits per heavy atom. The van der Waals surface area contributed by atoms with E-state index in [1.165, 1.54) is 0 Å². The van der Waals surface area contributed by atoms with Gasteiger partial charge in [-0.15, -0.1) is 0 Å². The van der Waals surface area contributed by atoms with Crippen molar-refractivity contribution >= 4 is 5.97 Å². The molecule has 0 radical (unpaired) electrons. The maximum absolute atomic E-state index is 11.8. The van der Waals surface area contributed by atoms with Crippen molar-refractivity contribution in [2.75, 3.05) is 0 Å². The van der Waals surface area contributed by atoms with Crippen LogP contribution in [0.25, 0.3) is 11.4 Å². The minimum absolute atomic E-state index is 0.0120. The molecule has 3 N–H and O–H groups in total. The lowest BCUT2D eigenvalue weighted by molar-refractivity contribution is -0.136. The second-order valence-corrected chi connectivity index (χ2v) is 3.98. The normalized spacial score (nSPS) is 10.3. The molecule has 98 valence electrons. The van der Waals surface area contributed by atoms with Crippen LogP contribution in [-0.2, 0) is 11.2 Å². The van der Waals surface area contributed by atoms with Crippen LogP contribution < -0.4 is 5.56 Å². The van der Waals surface area contributed by atoms with Crippen molar-refractivity contribution in [3.63, 3.8) is 0 Å². The second kappa shape index (κ2) is 5.34. The second-order valence-electron chi connectivity index (χ2n) is 3.98. The van der Waals surface area contributed by atoms with Gasteiger partial charge in [0.15, 0.2) is 0 Å². The first-order valence-corrected chi connectivity index (χ1v) is 5.67. The first-order valence-electron chi connectivity index (χ1n) is 5.67. The summed E-state index contributed by atoms with van der Waals surface area (Å²) in [7, 11) is 0. The predicted octanol–water partition coefficient (Wildman–Crippen LogP) is 1.16. The van der Waals surface area contributed by atoms with Crippen molar-refractivity contribution < 1.29 is 15.0 Å². The number of carboxylic acids is 1. The average molecular weight is 260 g/mol. The Morgan fingerprint density at radius 1 is 1.26 bits per heavy atom. The summed E-state index contributed by atoms with van der Waals surface area (Å²) in [6, 6.07) is 8.88. The van der Waals surface area contributed by atoms with Gasteiger partial charge in [0.1, 0.15) is 5.82 Å². The lowest BCUT2D eigenvalue weighted by atomic mass is 10.1. The molecule has 1 heterocycles. The van der Waals surface area contributed by atoms with Gasteiger partial charge in [-0.05, 0) is 6.42 Å². The van der Waals surface area contributed by atoms with E-state index in [9.17, 15) is 14.7 Å². The molecule has 0 spiro atoms. The summed E-state index contributed by atoms with van der Waals surface area (Å²) in [6.07, 6.45) is -0.290. The molecule has 1 aromatic carbocycles. The van der Waals surface area contributed by atoms with Crippen molar-refractivity contribution in [1.82, 2.24) is 9.97 Å². The number of benzene rings is 1. The zero-order chi connectivity index (χ0) is 13.8. The fourth-order valence-electron chi connectivity index (χ4n) is 1.68. The highest BCUT2D eigenvalue weighted by Crippen LogP contribution is 2.17. The van der Waals surface area contributed by atoms with Crippen LogP contribution >= 0.6 is 0 Å². The van der Waals surface area contributed by atoms with Crippen LogP contribution in [0.3, 0.4) is 0 Å². The number of aromatic nitrogens is 2. The van der Waals surface area contributed by atoms with Gasteiger partial charge < -0.3 is 15.2 Å². The molecule has 0 bridgehead atoms. The number of aliphatic carboxylic acids is 1. The minimum atomic E-state index is -1.04. The maximum atomic E-state index is 11.8. The Kier molecular flexibility index (Phi) is 3.61. The third-order valence-corrected chi connectivity index (χ3v) is 2.63. The molecule has 0 saturated heterocycles. The predicted molar refractivity (Wildman–Crippen MR) is 67.9 cm³/mol. The Labute approximate surface area is 108 Å². The first-order chi connectivity index (χ1) is 9.08. The van der Waals surface area contributed by atoms with E-state index in [2.05, 4.69) is 9.97 Å². The lowest BCUT2D eigenvalue weighted by Crippen LogP contribution is -2.16. The molecule has 0 saturated carbocycles. The summed E-state index contributed by atoms with van der Waals surface area (Å²) in [6.45, 7) is 0. The third kappa shape index (κ3) is 2.98. The van der Waals surface area contributed by atoms with Gasteiger partial charge in [0.05, 0.1) is 5.56 Å². The molecule has 0 amide bonds. The highest BCUT2D eigenvalue weighted by Gasteiger charge is 2.12. The quantitative estimate of drug-likeness (QED) is 0.765. The van der Waals surface area contributed by atoms with Gasteiger partial charge in [0, 0.05) is 12.0 Å². The number of aromatic amines is 1. The molecule has 0 aliphatic rings. The monoisotopic (exact) mass is 260 g/mol. The van der Waals surface area contributed by atoms with E-state index in [0.29, 0.717) is 5.56 Å². The van der Waals surface area contributed by atoms with Gasteiger partial charge in [-0.1, -0.05) is 30.3 Å². The van der Waals surface area contributed by atoms with Crippen molar-refractivity contribution in [2.24, 2.45) is 0 Å². The standard InChI is InChI=1S/C13H12N2O4/c16-10(17)7-6-9-12(18)14-11(15-13(9)19)8-4-2-1-3-5-8/h1-5H,6-7H2,(H,16,17)(H2,14,15,18,19). The molecular formula is C13H12N2O4. The van der Waals surface area contributed by atoms with Crippen LogP contribution in [0.1, 0.15) is 12.0 Å². The molecular weight excluding hydrogens is 248 g/mol. The maximum Gasteiger partial charge on any atom is 0.303 e. The number of hydrogen-bond acceptors (Lipinski definition) is 4. The van der Waals surface area contributed by atoms with Crippen molar-refractivity contribution in [3.8, 4) is 17.3 Å². The van der Waals surface area contributed by atoms with Crippen molar-refractivity contribution in [3.05, 3.63) is 46.2 Å². The van der Waals surface area contributed by atoms with Gasteiger partial charge >= 0.3 is 5.97 Å². The average Bonchev–Trinajstić information content (AvgIpc) is 2.38. The summed E-state index contributed by atoms with van der Waals surface area (Å²) in [5, 5.41) is 18.3. The smallest absolute Gasteiger partial charge is 0.303 e. The Morgan fingerprint density at radius 3 is 2.53 bits per heavy atom. The van der Waals surface area contributed by atoms with E-state index < -0.39 is 17.4 Å². The fraction of sp³-hybridized carbons (Fsp3) is 0.154. The number of aromatic hydroxyl groups is 1. The molecule has 0 aliphatic carbocycles. The Balaban J connectivity index is 2.37. The molecule has 0 aliphatic heterocycles. The molecule has 6 nitrogen and oxygen atoms in total. The zero-order valence-electron chi connectivity index (χ0n) is 9.96. The van der Waals surface area contributed by atoms with Crippen molar-refractivity contribution in [2.45, 2.75) is 12.8 Å². The van der Waals surface area contributed by atoms with E-state index in [-0.39, 0.29) is 24.2 Å². The summed E-state index contributed by atoms with van der Waals surface area (Å²) < 4.78 is 0. The SMILES string of the molecule is O=C(O)CCc1c(O)nc(-c2ccccc2)[nH]c1=O. The lowest BCUT2D eigenvalue weighted by Gasteiger charge is -2.05. The summed E-state index contributed by atoms with van der Waals surface area (Å²) in [4.78, 5) is 28.7. The van der Waals surface area contributed by atoms with Gasteiger partial charge in [0.2, 0.25) is 5.88 Å². The molecule has 2 aromatic rings. The molecule has 0 atom stereocenters. The molecule has 2 rings (SSSR count). The Hall–Kier alpha value is -2.63. The topological polar surface area (TPSA) is 103 Å². The first kappa shape index (κ1) is 12.8. The van der Waals surface area contributed by atoms with E-state index in [4.69, 9.17) is 5.11 Å². The Bertz CT molecular complexity index is 649. The molecule has 0 fully saturated rings. The number of hydrogen-bond donors (Lipinski definition) is 3. The highest BCUT2D eigenvalue weighted by atomic mass is 16.4. The number of carbonyl (C=O) groups is 1. The zero-order valence-corrected chi connectivity index (χ0v) is 9.96. The summed E-state index contributed by atoms with van der Waals surface area (Å²) in [5.41, 5.74) is 0.134.